The normalized spacial score (nSPS) is 12.5. The van der Waals surface area contributed by atoms with E-state index < -0.39 is 0 Å². The minimum atomic E-state index is 0.235. The summed E-state index contributed by atoms with van der Waals surface area (Å²) in [4.78, 5) is 6.03. The Balaban J connectivity index is 2.63. The van der Waals surface area contributed by atoms with E-state index in [0.717, 1.165) is 12.1 Å². The molecule has 1 unspecified atom stereocenters. The average Bonchev–Trinajstić information content (AvgIpc) is 2.21. The van der Waals surface area contributed by atoms with Gasteiger partial charge in [-0.3, -0.25) is 9.88 Å². The molecule has 0 spiro atoms. The Morgan fingerprint density at radius 2 is 2.40 bits per heavy atom. The summed E-state index contributed by atoms with van der Waals surface area (Å²) in [5.41, 5.74) is 1.04. The first kappa shape index (κ1) is 12.0. The number of pyridine rings is 1. The summed E-state index contributed by atoms with van der Waals surface area (Å²) >= 11 is 6.00. The van der Waals surface area contributed by atoms with E-state index in [4.69, 9.17) is 16.9 Å². The monoisotopic (exact) mass is 223 g/mol. The van der Waals surface area contributed by atoms with Crippen LogP contribution in [0.1, 0.15) is 18.9 Å². The van der Waals surface area contributed by atoms with Gasteiger partial charge in [0.25, 0.3) is 0 Å². The maximum absolute atomic E-state index is 8.59. The Kier molecular flexibility index (Phi) is 4.54. The van der Waals surface area contributed by atoms with Crippen LogP contribution >= 0.6 is 11.6 Å². The maximum Gasteiger partial charge on any atom is 0.0638 e. The molecule has 0 saturated heterocycles. The first-order valence-corrected chi connectivity index (χ1v) is 5.18. The Morgan fingerprint density at radius 1 is 1.67 bits per heavy atom. The quantitative estimate of drug-likeness (QED) is 0.787. The minimum absolute atomic E-state index is 0.235. The number of halogens is 1. The van der Waals surface area contributed by atoms with E-state index in [1.807, 2.05) is 20.0 Å². The second kappa shape index (κ2) is 5.69. The highest BCUT2D eigenvalue weighted by Gasteiger charge is 2.10. The van der Waals surface area contributed by atoms with Crippen LogP contribution in [0.3, 0.4) is 0 Å². The van der Waals surface area contributed by atoms with E-state index in [9.17, 15) is 0 Å². The molecular formula is C11H14ClN3. The van der Waals surface area contributed by atoms with Crippen molar-refractivity contribution in [1.29, 1.82) is 5.26 Å². The van der Waals surface area contributed by atoms with Crippen LogP contribution in [0, 0.1) is 11.3 Å². The van der Waals surface area contributed by atoms with Crippen molar-refractivity contribution < 1.29 is 0 Å². The van der Waals surface area contributed by atoms with Crippen LogP contribution in [-0.4, -0.2) is 23.0 Å². The van der Waals surface area contributed by atoms with Crippen molar-refractivity contribution in [3.63, 3.8) is 0 Å². The fraction of sp³-hybridized carbons (Fsp3) is 0.455. The molecule has 3 nitrogen and oxygen atoms in total. The molecule has 0 aliphatic heterocycles. The van der Waals surface area contributed by atoms with Crippen LogP contribution in [0.2, 0.25) is 5.02 Å². The third-order valence-corrected chi connectivity index (χ3v) is 2.76. The summed E-state index contributed by atoms with van der Waals surface area (Å²) in [5, 5.41) is 9.27. The molecule has 0 radical (unpaired) electrons. The van der Waals surface area contributed by atoms with Crippen LogP contribution in [0.15, 0.2) is 18.5 Å². The predicted molar refractivity (Wildman–Crippen MR) is 60.4 cm³/mol. The molecule has 1 heterocycles. The molecule has 0 bridgehead atoms. The van der Waals surface area contributed by atoms with E-state index in [0.29, 0.717) is 11.4 Å². The lowest BCUT2D eigenvalue weighted by molar-refractivity contribution is 0.252. The maximum atomic E-state index is 8.59. The fourth-order valence-electron chi connectivity index (χ4n) is 1.24. The molecule has 0 amide bonds. The van der Waals surface area contributed by atoms with Crippen LogP contribution in [0.5, 0.6) is 0 Å². The first-order valence-electron chi connectivity index (χ1n) is 4.80. The average molecular weight is 224 g/mol. The van der Waals surface area contributed by atoms with Crippen LogP contribution in [0.4, 0.5) is 0 Å². The summed E-state index contributed by atoms with van der Waals surface area (Å²) in [6.07, 6.45) is 3.89. The van der Waals surface area contributed by atoms with E-state index >= 15 is 0 Å². The van der Waals surface area contributed by atoms with E-state index in [-0.39, 0.29) is 6.04 Å². The summed E-state index contributed by atoms with van der Waals surface area (Å²) in [5.74, 6) is 0. The third-order valence-electron chi connectivity index (χ3n) is 2.42. The largest absolute Gasteiger partial charge is 0.298 e. The second-order valence-corrected chi connectivity index (χ2v) is 4.00. The van der Waals surface area contributed by atoms with Crippen molar-refractivity contribution in [3.8, 4) is 6.07 Å². The van der Waals surface area contributed by atoms with Crippen LogP contribution < -0.4 is 0 Å². The summed E-state index contributed by atoms with van der Waals surface area (Å²) in [7, 11) is 1.98. The highest BCUT2D eigenvalue weighted by molar-refractivity contribution is 6.31. The zero-order valence-corrected chi connectivity index (χ0v) is 9.70. The SMILES string of the molecule is CC(CC#N)N(C)Cc1ccncc1Cl. The molecule has 4 heteroatoms. The lowest BCUT2D eigenvalue weighted by Crippen LogP contribution is -2.28. The Bertz CT molecular complexity index is 359. The second-order valence-electron chi connectivity index (χ2n) is 3.59. The lowest BCUT2D eigenvalue weighted by atomic mass is 10.2. The zero-order chi connectivity index (χ0) is 11.3. The molecule has 0 fully saturated rings. The number of rotatable bonds is 4. The fourth-order valence-corrected chi connectivity index (χ4v) is 1.42. The molecule has 15 heavy (non-hydrogen) atoms. The summed E-state index contributed by atoms with van der Waals surface area (Å²) < 4.78 is 0. The van der Waals surface area contributed by atoms with Gasteiger partial charge in [-0.15, -0.1) is 0 Å². The van der Waals surface area contributed by atoms with Gasteiger partial charge < -0.3 is 0 Å². The molecule has 1 aromatic heterocycles. The topological polar surface area (TPSA) is 39.9 Å². The standard InChI is InChI=1S/C11H14ClN3/c1-9(3-5-13)15(2)8-10-4-6-14-7-11(10)12/h4,6-7,9H,3,8H2,1-2H3. The van der Waals surface area contributed by atoms with Gasteiger partial charge in [-0.2, -0.15) is 5.26 Å². The molecule has 0 aromatic carbocycles. The zero-order valence-electron chi connectivity index (χ0n) is 8.94. The molecule has 0 N–H and O–H groups in total. The summed E-state index contributed by atoms with van der Waals surface area (Å²) in [6, 6.07) is 4.30. The molecule has 0 aliphatic carbocycles. The molecule has 0 saturated carbocycles. The molecular weight excluding hydrogens is 210 g/mol. The van der Waals surface area contributed by atoms with E-state index in [2.05, 4.69) is 16.0 Å². The van der Waals surface area contributed by atoms with Gasteiger partial charge in [0.05, 0.1) is 17.5 Å². The lowest BCUT2D eigenvalue weighted by Gasteiger charge is -2.22. The van der Waals surface area contributed by atoms with Gasteiger partial charge in [0.15, 0.2) is 0 Å². The third kappa shape index (κ3) is 3.50. The number of nitriles is 1. The van der Waals surface area contributed by atoms with Gasteiger partial charge in [-0.25, -0.2) is 0 Å². The van der Waals surface area contributed by atoms with Crippen molar-refractivity contribution >= 4 is 11.6 Å². The number of nitrogens with zero attached hydrogens (tertiary/aromatic N) is 3. The van der Waals surface area contributed by atoms with Crippen molar-refractivity contribution in [1.82, 2.24) is 9.88 Å². The van der Waals surface area contributed by atoms with Gasteiger partial charge in [-0.05, 0) is 25.6 Å². The smallest absolute Gasteiger partial charge is 0.0638 e. The molecule has 1 rings (SSSR count). The van der Waals surface area contributed by atoms with Crippen molar-refractivity contribution in [2.75, 3.05) is 7.05 Å². The van der Waals surface area contributed by atoms with Crippen LogP contribution in [-0.2, 0) is 6.54 Å². The number of aromatic nitrogens is 1. The highest BCUT2D eigenvalue weighted by atomic mass is 35.5. The van der Waals surface area contributed by atoms with Gasteiger partial charge in [0.2, 0.25) is 0 Å². The van der Waals surface area contributed by atoms with Gasteiger partial charge in [0.1, 0.15) is 0 Å². The van der Waals surface area contributed by atoms with Gasteiger partial charge in [-0.1, -0.05) is 11.6 Å². The highest BCUT2D eigenvalue weighted by Crippen LogP contribution is 2.16. The Hall–Kier alpha value is -1.11. The van der Waals surface area contributed by atoms with E-state index in [1.165, 1.54) is 0 Å². The van der Waals surface area contributed by atoms with Crippen molar-refractivity contribution in [2.45, 2.75) is 25.9 Å². The molecule has 80 valence electrons. The molecule has 1 aromatic rings. The number of hydrogen-bond donors (Lipinski definition) is 0. The molecule has 0 aliphatic rings. The Labute approximate surface area is 95.3 Å². The van der Waals surface area contributed by atoms with Crippen molar-refractivity contribution in [2.24, 2.45) is 0 Å². The Morgan fingerprint density at radius 3 is 3.00 bits per heavy atom. The van der Waals surface area contributed by atoms with Crippen LogP contribution in [0.25, 0.3) is 0 Å². The minimum Gasteiger partial charge on any atom is -0.298 e. The predicted octanol–water partition coefficient (Wildman–Crippen LogP) is 2.47. The van der Waals surface area contributed by atoms with Gasteiger partial charge in [0, 0.05) is 25.0 Å². The van der Waals surface area contributed by atoms with Crippen molar-refractivity contribution in [3.05, 3.63) is 29.0 Å². The first-order chi connectivity index (χ1) is 7.15. The van der Waals surface area contributed by atoms with E-state index in [1.54, 1.807) is 12.4 Å². The molecule has 1 atom stereocenters. The summed E-state index contributed by atoms with van der Waals surface area (Å²) in [6.45, 7) is 2.77. The number of hydrogen-bond acceptors (Lipinski definition) is 3. The van der Waals surface area contributed by atoms with Gasteiger partial charge >= 0.3 is 0 Å².